The van der Waals surface area contributed by atoms with Crippen LogP contribution in [0.2, 0.25) is 5.02 Å². The van der Waals surface area contributed by atoms with E-state index in [0.717, 1.165) is 34.2 Å². The molecule has 0 amide bonds. The molecule has 96 valence electrons. The second kappa shape index (κ2) is 6.21. The van der Waals surface area contributed by atoms with E-state index in [1.807, 2.05) is 36.4 Å². The maximum atomic E-state index is 10.3. The Labute approximate surface area is 113 Å². The number of rotatable bonds is 5. The fourth-order valence-electron chi connectivity index (χ4n) is 2.32. The summed E-state index contributed by atoms with van der Waals surface area (Å²) in [7, 11) is 0. The minimum Gasteiger partial charge on any atom is -0.388 e. The van der Waals surface area contributed by atoms with Gasteiger partial charge in [0.25, 0.3) is 0 Å². The molecular formula is C16H19ClO. The summed E-state index contributed by atoms with van der Waals surface area (Å²) in [6.45, 7) is 2.17. The second-order valence-electron chi connectivity index (χ2n) is 4.69. The van der Waals surface area contributed by atoms with Crippen LogP contribution in [0.5, 0.6) is 0 Å². The van der Waals surface area contributed by atoms with Crippen molar-refractivity contribution in [2.75, 3.05) is 0 Å². The Hall–Kier alpha value is -1.05. The van der Waals surface area contributed by atoms with Crippen LogP contribution in [0.1, 0.15) is 44.3 Å². The van der Waals surface area contributed by atoms with Crippen LogP contribution >= 0.6 is 11.6 Å². The zero-order valence-electron chi connectivity index (χ0n) is 10.7. The average molecular weight is 263 g/mol. The molecule has 2 aromatic carbocycles. The molecule has 1 atom stereocenters. The molecule has 0 fully saturated rings. The van der Waals surface area contributed by atoms with Crippen molar-refractivity contribution in [3.05, 3.63) is 47.0 Å². The molecule has 2 rings (SSSR count). The highest BCUT2D eigenvalue weighted by atomic mass is 35.5. The van der Waals surface area contributed by atoms with Gasteiger partial charge in [0, 0.05) is 10.4 Å². The highest BCUT2D eigenvalue weighted by Gasteiger charge is 2.12. The predicted octanol–water partition coefficient (Wildman–Crippen LogP) is 5.11. The molecule has 18 heavy (non-hydrogen) atoms. The number of benzene rings is 2. The van der Waals surface area contributed by atoms with E-state index in [2.05, 4.69) is 6.92 Å². The number of aliphatic hydroxyl groups excluding tert-OH is 1. The first kappa shape index (κ1) is 13.4. The number of aliphatic hydroxyl groups is 1. The third-order valence-electron chi connectivity index (χ3n) is 3.34. The zero-order valence-corrected chi connectivity index (χ0v) is 11.5. The molecule has 0 radical (unpaired) electrons. The van der Waals surface area contributed by atoms with E-state index >= 15 is 0 Å². The minimum atomic E-state index is -0.390. The molecule has 0 bridgehead atoms. The molecule has 0 spiro atoms. The molecule has 1 unspecified atom stereocenters. The van der Waals surface area contributed by atoms with Gasteiger partial charge in [-0.15, -0.1) is 0 Å². The van der Waals surface area contributed by atoms with Crippen LogP contribution in [0.4, 0.5) is 0 Å². The van der Waals surface area contributed by atoms with E-state index < -0.39 is 6.10 Å². The van der Waals surface area contributed by atoms with Crippen LogP contribution < -0.4 is 0 Å². The first-order valence-electron chi connectivity index (χ1n) is 6.59. The molecule has 2 heteroatoms. The fraction of sp³-hybridized carbons (Fsp3) is 0.375. The van der Waals surface area contributed by atoms with Crippen molar-refractivity contribution in [1.29, 1.82) is 0 Å². The molecule has 0 heterocycles. The van der Waals surface area contributed by atoms with E-state index in [4.69, 9.17) is 11.6 Å². The van der Waals surface area contributed by atoms with Crippen molar-refractivity contribution in [2.45, 2.75) is 38.7 Å². The lowest BCUT2D eigenvalue weighted by atomic mass is 9.97. The monoisotopic (exact) mass is 262 g/mol. The van der Waals surface area contributed by atoms with Gasteiger partial charge >= 0.3 is 0 Å². The summed E-state index contributed by atoms with van der Waals surface area (Å²) in [5, 5.41) is 13.1. The Morgan fingerprint density at radius 3 is 2.50 bits per heavy atom. The summed E-state index contributed by atoms with van der Waals surface area (Å²) in [6.07, 6.45) is 3.84. The van der Waals surface area contributed by atoms with Gasteiger partial charge < -0.3 is 5.11 Å². The SMILES string of the molecule is CCCCCC(O)c1ccc(Cl)c2ccccc12. The van der Waals surface area contributed by atoms with Gasteiger partial charge in [0.05, 0.1) is 6.10 Å². The van der Waals surface area contributed by atoms with Crippen molar-refractivity contribution in [3.63, 3.8) is 0 Å². The van der Waals surface area contributed by atoms with E-state index in [1.54, 1.807) is 0 Å². The Bertz CT molecular complexity index is 521. The van der Waals surface area contributed by atoms with Gasteiger partial charge in [-0.3, -0.25) is 0 Å². The first-order valence-corrected chi connectivity index (χ1v) is 6.97. The average Bonchev–Trinajstić information content (AvgIpc) is 2.39. The van der Waals surface area contributed by atoms with Gasteiger partial charge in [-0.05, 0) is 23.4 Å². The summed E-state index contributed by atoms with van der Waals surface area (Å²) in [6, 6.07) is 11.8. The Balaban J connectivity index is 2.30. The lowest BCUT2D eigenvalue weighted by Crippen LogP contribution is -1.98. The molecule has 1 N–H and O–H groups in total. The maximum Gasteiger partial charge on any atom is 0.0796 e. The Morgan fingerprint density at radius 1 is 1.06 bits per heavy atom. The summed E-state index contributed by atoms with van der Waals surface area (Å²) in [4.78, 5) is 0. The standard InChI is InChI=1S/C16H19ClO/c1-2-3-4-9-16(18)14-10-11-15(17)13-8-6-5-7-12(13)14/h5-8,10-11,16,18H,2-4,9H2,1H3. The summed E-state index contributed by atoms with van der Waals surface area (Å²) in [5.41, 5.74) is 0.992. The van der Waals surface area contributed by atoms with E-state index in [9.17, 15) is 5.11 Å². The van der Waals surface area contributed by atoms with Crippen LogP contribution in [-0.2, 0) is 0 Å². The minimum absolute atomic E-state index is 0.390. The normalized spacial score (nSPS) is 12.8. The molecule has 0 saturated heterocycles. The summed E-state index contributed by atoms with van der Waals surface area (Å²) < 4.78 is 0. The molecule has 0 aliphatic carbocycles. The Morgan fingerprint density at radius 2 is 1.78 bits per heavy atom. The van der Waals surface area contributed by atoms with Gasteiger partial charge in [0.1, 0.15) is 0 Å². The highest BCUT2D eigenvalue weighted by Crippen LogP contribution is 2.31. The van der Waals surface area contributed by atoms with Gasteiger partial charge in [-0.25, -0.2) is 0 Å². The molecule has 0 saturated carbocycles. The molecule has 0 aliphatic heterocycles. The van der Waals surface area contributed by atoms with Crippen LogP contribution in [-0.4, -0.2) is 5.11 Å². The van der Waals surface area contributed by atoms with E-state index in [-0.39, 0.29) is 0 Å². The first-order chi connectivity index (χ1) is 8.74. The van der Waals surface area contributed by atoms with Crippen LogP contribution in [0.25, 0.3) is 10.8 Å². The van der Waals surface area contributed by atoms with E-state index in [0.29, 0.717) is 0 Å². The lowest BCUT2D eigenvalue weighted by Gasteiger charge is -2.14. The van der Waals surface area contributed by atoms with Gasteiger partial charge in [0.15, 0.2) is 0 Å². The molecule has 0 aliphatic rings. The number of halogens is 1. The largest absolute Gasteiger partial charge is 0.388 e. The van der Waals surface area contributed by atoms with Gasteiger partial charge in [0.2, 0.25) is 0 Å². The zero-order chi connectivity index (χ0) is 13.0. The van der Waals surface area contributed by atoms with Crippen LogP contribution in [0.3, 0.4) is 0 Å². The fourth-order valence-corrected chi connectivity index (χ4v) is 2.55. The number of fused-ring (bicyclic) bond motifs is 1. The van der Waals surface area contributed by atoms with Crippen LogP contribution in [0.15, 0.2) is 36.4 Å². The molecular weight excluding hydrogens is 244 g/mol. The lowest BCUT2D eigenvalue weighted by molar-refractivity contribution is 0.165. The van der Waals surface area contributed by atoms with Crippen LogP contribution in [0, 0.1) is 0 Å². The van der Waals surface area contributed by atoms with Crippen molar-refractivity contribution in [1.82, 2.24) is 0 Å². The molecule has 2 aromatic rings. The number of hydrogen-bond acceptors (Lipinski definition) is 1. The van der Waals surface area contributed by atoms with E-state index in [1.165, 1.54) is 12.8 Å². The summed E-state index contributed by atoms with van der Waals surface area (Å²) >= 11 is 6.18. The second-order valence-corrected chi connectivity index (χ2v) is 5.10. The van der Waals surface area contributed by atoms with Crippen molar-refractivity contribution >= 4 is 22.4 Å². The predicted molar refractivity (Wildman–Crippen MR) is 78.1 cm³/mol. The Kier molecular flexibility index (Phi) is 4.62. The third kappa shape index (κ3) is 2.85. The highest BCUT2D eigenvalue weighted by molar-refractivity contribution is 6.35. The number of unbranched alkanes of at least 4 members (excludes halogenated alkanes) is 2. The van der Waals surface area contributed by atoms with Gasteiger partial charge in [-0.2, -0.15) is 0 Å². The topological polar surface area (TPSA) is 20.2 Å². The number of hydrogen-bond donors (Lipinski definition) is 1. The third-order valence-corrected chi connectivity index (χ3v) is 3.67. The quantitative estimate of drug-likeness (QED) is 0.743. The van der Waals surface area contributed by atoms with Crippen molar-refractivity contribution in [3.8, 4) is 0 Å². The maximum absolute atomic E-state index is 10.3. The smallest absolute Gasteiger partial charge is 0.0796 e. The van der Waals surface area contributed by atoms with Crippen molar-refractivity contribution < 1.29 is 5.11 Å². The molecule has 1 nitrogen and oxygen atoms in total. The van der Waals surface area contributed by atoms with Gasteiger partial charge in [-0.1, -0.05) is 68.1 Å². The van der Waals surface area contributed by atoms with Crippen molar-refractivity contribution in [2.24, 2.45) is 0 Å². The molecule has 0 aromatic heterocycles. The summed E-state index contributed by atoms with van der Waals surface area (Å²) in [5.74, 6) is 0.